The summed E-state index contributed by atoms with van der Waals surface area (Å²) in [5.74, 6) is -1.06. The number of likely N-dealkylation sites (N-methyl/N-ethyl adjacent to an activating group) is 1. The molecule has 1 aromatic rings. The van der Waals surface area contributed by atoms with Crippen LogP contribution < -0.4 is 0 Å². The van der Waals surface area contributed by atoms with Crippen LogP contribution in [0.15, 0.2) is 18.2 Å². The molecule has 0 aliphatic carbocycles. The average Bonchev–Trinajstić information content (AvgIpc) is 2.30. The summed E-state index contributed by atoms with van der Waals surface area (Å²) in [7, 11) is 1.78. The molecule has 0 saturated carbocycles. The summed E-state index contributed by atoms with van der Waals surface area (Å²) in [5.41, 5.74) is 0.740. The van der Waals surface area contributed by atoms with Crippen molar-refractivity contribution in [1.29, 1.82) is 0 Å². The first-order valence-electron chi connectivity index (χ1n) is 5.95. The van der Waals surface area contributed by atoms with E-state index in [0.717, 1.165) is 5.56 Å². The second-order valence-corrected chi connectivity index (χ2v) is 5.12. The molecule has 0 heterocycles. The van der Waals surface area contributed by atoms with Gasteiger partial charge in [-0.2, -0.15) is 0 Å². The number of rotatable bonds is 5. The highest BCUT2D eigenvalue weighted by Gasteiger charge is 2.31. The van der Waals surface area contributed by atoms with Gasteiger partial charge in [0.05, 0.1) is 0 Å². The highest BCUT2D eigenvalue weighted by Crippen LogP contribution is 2.15. The fourth-order valence-electron chi connectivity index (χ4n) is 1.60. The van der Waals surface area contributed by atoms with Crippen LogP contribution in [0.4, 0.5) is 4.39 Å². The van der Waals surface area contributed by atoms with Crippen LogP contribution in [0.3, 0.4) is 0 Å². The third-order valence-corrected chi connectivity index (χ3v) is 3.44. The first-order chi connectivity index (χ1) is 8.25. The number of hydrogen-bond donors (Lipinski definition) is 1. The molecule has 0 aliphatic heterocycles. The molecule has 0 spiro atoms. The second-order valence-electron chi connectivity index (χ2n) is 5.12. The summed E-state index contributed by atoms with van der Waals surface area (Å²) in [6.07, 6.45) is 0.703. The first-order valence-corrected chi connectivity index (χ1v) is 5.95. The lowest BCUT2D eigenvalue weighted by Gasteiger charge is -2.31. The van der Waals surface area contributed by atoms with Crippen LogP contribution in [0.2, 0.25) is 0 Å². The minimum Gasteiger partial charge on any atom is -0.480 e. The Balaban J connectivity index is 2.65. The van der Waals surface area contributed by atoms with Crippen molar-refractivity contribution in [1.82, 2.24) is 4.90 Å². The van der Waals surface area contributed by atoms with Gasteiger partial charge in [0, 0.05) is 6.54 Å². The summed E-state index contributed by atoms with van der Waals surface area (Å²) in [4.78, 5) is 12.9. The summed E-state index contributed by atoms with van der Waals surface area (Å²) < 4.78 is 13.1. The van der Waals surface area contributed by atoms with Gasteiger partial charge < -0.3 is 5.11 Å². The molecule has 0 aliphatic rings. The summed E-state index contributed by atoms with van der Waals surface area (Å²) in [6.45, 7) is 5.69. The van der Waals surface area contributed by atoms with Gasteiger partial charge in [0.1, 0.15) is 11.4 Å². The number of aliphatic carboxylic acids is 1. The largest absolute Gasteiger partial charge is 0.480 e. The summed E-state index contributed by atoms with van der Waals surface area (Å²) >= 11 is 0. The molecule has 100 valence electrons. The number of halogens is 1. The number of carboxylic acids is 1. The molecule has 0 fully saturated rings. The molecule has 0 bridgehead atoms. The summed E-state index contributed by atoms with van der Waals surface area (Å²) in [5, 5.41) is 9.10. The smallest absolute Gasteiger partial charge is 0.323 e. The van der Waals surface area contributed by atoms with E-state index in [1.807, 2.05) is 0 Å². The molecule has 1 aromatic carbocycles. The maximum absolute atomic E-state index is 13.1. The zero-order valence-corrected chi connectivity index (χ0v) is 11.3. The number of carboxylic acid groups (broad SMARTS) is 1. The average molecular weight is 253 g/mol. The Morgan fingerprint density at radius 2 is 2.06 bits per heavy atom. The quantitative estimate of drug-likeness (QED) is 0.876. The predicted octanol–water partition coefficient (Wildman–Crippen LogP) is 2.47. The number of benzene rings is 1. The highest BCUT2D eigenvalue weighted by molar-refractivity contribution is 5.77. The molecular weight excluding hydrogens is 233 g/mol. The van der Waals surface area contributed by atoms with Crippen LogP contribution in [-0.2, 0) is 11.2 Å². The maximum atomic E-state index is 13.1. The zero-order valence-electron chi connectivity index (χ0n) is 11.3. The number of carbonyl (C=O) groups is 1. The second kappa shape index (κ2) is 5.48. The minimum atomic E-state index is -0.894. The third-order valence-electron chi connectivity index (χ3n) is 3.44. The molecule has 3 nitrogen and oxygen atoms in total. The molecular formula is C14H20FNO2. The molecule has 0 atom stereocenters. The molecule has 1 rings (SSSR count). The Morgan fingerprint density at radius 1 is 1.44 bits per heavy atom. The lowest BCUT2D eigenvalue weighted by atomic mass is 10.0. The van der Waals surface area contributed by atoms with Crippen LogP contribution in [-0.4, -0.2) is 35.1 Å². The van der Waals surface area contributed by atoms with E-state index in [9.17, 15) is 9.18 Å². The van der Waals surface area contributed by atoms with Gasteiger partial charge in [-0.1, -0.05) is 12.1 Å². The monoisotopic (exact) mass is 253 g/mol. The normalized spacial score (nSPS) is 11.9. The van der Waals surface area contributed by atoms with Crippen LogP contribution in [0.5, 0.6) is 0 Å². The van der Waals surface area contributed by atoms with Crippen LogP contribution in [0.1, 0.15) is 25.0 Å². The van der Waals surface area contributed by atoms with Crippen molar-refractivity contribution in [2.75, 3.05) is 13.6 Å². The molecule has 0 aromatic heterocycles. The van der Waals surface area contributed by atoms with Gasteiger partial charge >= 0.3 is 5.97 Å². The standard InChI is InChI=1S/C14H20FNO2/c1-10-9-11(5-6-12(10)15)7-8-16(4)14(2,3)13(17)18/h5-6,9H,7-8H2,1-4H3,(H,17,18). The number of aryl methyl sites for hydroxylation is 1. The Morgan fingerprint density at radius 3 is 2.56 bits per heavy atom. The fourth-order valence-corrected chi connectivity index (χ4v) is 1.60. The maximum Gasteiger partial charge on any atom is 0.323 e. The van der Waals surface area contributed by atoms with Crippen LogP contribution >= 0.6 is 0 Å². The van der Waals surface area contributed by atoms with Crippen LogP contribution in [0.25, 0.3) is 0 Å². The fraction of sp³-hybridized carbons (Fsp3) is 0.500. The Labute approximate surface area is 107 Å². The minimum absolute atomic E-state index is 0.210. The van der Waals surface area contributed by atoms with Crippen molar-refractivity contribution in [3.05, 3.63) is 35.1 Å². The van der Waals surface area contributed by atoms with Gasteiger partial charge in [-0.3, -0.25) is 9.69 Å². The van der Waals surface area contributed by atoms with Crippen molar-refractivity contribution in [3.63, 3.8) is 0 Å². The van der Waals surface area contributed by atoms with E-state index < -0.39 is 11.5 Å². The highest BCUT2D eigenvalue weighted by atomic mass is 19.1. The van der Waals surface area contributed by atoms with E-state index in [2.05, 4.69) is 0 Å². The van der Waals surface area contributed by atoms with Crippen molar-refractivity contribution in [2.24, 2.45) is 0 Å². The molecule has 0 radical (unpaired) electrons. The van der Waals surface area contributed by atoms with Gasteiger partial charge in [-0.05, 0) is 51.4 Å². The summed E-state index contributed by atoms with van der Waals surface area (Å²) in [6, 6.07) is 4.99. The Bertz CT molecular complexity index is 443. The topological polar surface area (TPSA) is 40.5 Å². The first kappa shape index (κ1) is 14.6. The molecule has 0 unspecified atom stereocenters. The van der Waals surface area contributed by atoms with E-state index in [-0.39, 0.29) is 5.82 Å². The number of nitrogens with zero attached hydrogens (tertiary/aromatic N) is 1. The molecule has 0 amide bonds. The zero-order chi connectivity index (χ0) is 13.9. The van der Waals surface area contributed by atoms with E-state index in [1.54, 1.807) is 44.9 Å². The van der Waals surface area contributed by atoms with Crippen molar-refractivity contribution in [3.8, 4) is 0 Å². The van der Waals surface area contributed by atoms with E-state index in [1.165, 1.54) is 6.07 Å². The molecule has 0 saturated heterocycles. The Kier molecular flexibility index (Phi) is 4.46. The van der Waals surface area contributed by atoms with Crippen molar-refractivity contribution >= 4 is 5.97 Å². The molecule has 18 heavy (non-hydrogen) atoms. The molecule has 4 heteroatoms. The lowest BCUT2D eigenvalue weighted by molar-refractivity contribution is -0.148. The van der Waals surface area contributed by atoms with Crippen molar-refractivity contribution in [2.45, 2.75) is 32.7 Å². The van der Waals surface area contributed by atoms with Gasteiger partial charge in [0.15, 0.2) is 0 Å². The molecule has 1 N–H and O–H groups in total. The van der Waals surface area contributed by atoms with Gasteiger partial charge in [-0.25, -0.2) is 4.39 Å². The number of hydrogen-bond acceptors (Lipinski definition) is 2. The Hall–Kier alpha value is -1.42. The van der Waals surface area contributed by atoms with Gasteiger partial charge in [-0.15, -0.1) is 0 Å². The van der Waals surface area contributed by atoms with Crippen molar-refractivity contribution < 1.29 is 14.3 Å². The van der Waals surface area contributed by atoms with E-state index in [4.69, 9.17) is 5.11 Å². The third kappa shape index (κ3) is 3.29. The SMILES string of the molecule is Cc1cc(CCN(C)C(C)(C)C(=O)O)ccc1F. The van der Waals surface area contributed by atoms with Gasteiger partial charge in [0.25, 0.3) is 0 Å². The predicted molar refractivity (Wildman–Crippen MR) is 69.2 cm³/mol. The lowest BCUT2D eigenvalue weighted by Crippen LogP contribution is -2.48. The van der Waals surface area contributed by atoms with Crippen LogP contribution in [0, 0.1) is 12.7 Å². The van der Waals surface area contributed by atoms with E-state index >= 15 is 0 Å². The van der Waals surface area contributed by atoms with Gasteiger partial charge in [0.2, 0.25) is 0 Å². The van der Waals surface area contributed by atoms with E-state index in [0.29, 0.717) is 18.5 Å².